The Labute approximate surface area is 109 Å². The van der Waals surface area contributed by atoms with Crippen molar-refractivity contribution < 1.29 is 9.59 Å². The van der Waals surface area contributed by atoms with Gasteiger partial charge in [-0.25, -0.2) is 4.98 Å². The second-order valence-corrected chi connectivity index (χ2v) is 3.90. The van der Waals surface area contributed by atoms with Crippen molar-refractivity contribution >= 4 is 40.7 Å². The molecule has 17 heavy (non-hydrogen) atoms. The molecule has 2 amide bonds. The number of nitrogens with one attached hydrogen (secondary N) is 2. The summed E-state index contributed by atoms with van der Waals surface area (Å²) in [5, 5.41) is 5.31. The Morgan fingerprint density at radius 3 is 2.59 bits per heavy atom. The summed E-state index contributed by atoms with van der Waals surface area (Å²) in [5.41, 5.74) is 0.324. The quantitative estimate of drug-likeness (QED) is 0.651. The summed E-state index contributed by atoms with van der Waals surface area (Å²) < 4.78 is 0. The Hall–Kier alpha value is -1.33. The maximum absolute atomic E-state index is 11.4. The van der Waals surface area contributed by atoms with Gasteiger partial charge in [0.2, 0.25) is 11.8 Å². The molecule has 1 aromatic heterocycles. The van der Waals surface area contributed by atoms with E-state index in [0.717, 1.165) is 0 Å². The highest BCUT2D eigenvalue weighted by molar-refractivity contribution is 6.34. The fourth-order valence-electron chi connectivity index (χ4n) is 1.11. The van der Waals surface area contributed by atoms with E-state index in [1.165, 1.54) is 12.1 Å². The predicted molar refractivity (Wildman–Crippen MR) is 66.2 cm³/mol. The number of rotatable bonds is 4. The van der Waals surface area contributed by atoms with Crippen molar-refractivity contribution in [2.45, 2.75) is 13.3 Å². The standard InChI is InChI=1S/C10H11Cl2N3O2/c1-2-13-8(16)5-9(17)14-6-3-4-7(11)15-10(6)12/h3-4H,2,5H2,1H3,(H,13,16)(H,14,17). The van der Waals surface area contributed by atoms with Crippen LogP contribution >= 0.6 is 23.2 Å². The van der Waals surface area contributed by atoms with Gasteiger partial charge in [-0.1, -0.05) is 23.2 Å². The Bertz CT molecular complexity index is 438. The molecule has 5 nitrogen and oxygen atoms in total. The average Bonchev–Trinajstić information content (AvgIpc) is 2.22. The molecule has 1 heterocycles. The lowest BCUT2D eigenvalue weighted by atomic mass is 10.3. The molecule has 0 aromatic carbocycles. The fourth-order valence-corrected chi connectivity index (χ4v) is 1.50. The van der Waals surface area contributed by atoms with E-state index in [1.54, 1.807) is 6.92 Å². The number of halogens is 2. The van der Waals surface area contributed by atoms with Crippen LogP contribution < -0.4 is 10.6 Å². The van der Waals surface area contributed by atoms with Gasteiger partial charge < -0.3 is 10.6 Å². The number of pyridine rings is 1. The van der Waals surface area contributed by atoms with Crippen LogP contribution in [0, 0.1) is 0 Å². The summed E-state index contributed by atoms with van der Waals surface area (Å²) in [7, 11) is 0. The minimum atomic E-state index is -0.457. The zero-order chi connectivity index (χ0) is 12.8. The molecule has 0 saturated heterocycles. The van der Waals surface area contributed by atoms with Crippen molar-refractivity contribution in [3.8, 4) is 0 Å². The van der Waals surface area contributed by atoms with Gasteiger partial charge >= 0.3 is 0 Å². The van der Waals surface area contributed by atoms with Gasteiger partial charge in [0.1, 0.15) is 11.6 Å². The molecule has 0 unspecified atom stereocenters. The smallest absolute Gasteiger partial charge is 0.233 e. The first-order chi connectivity index (χ1) is 8.02. The Morgan fingerprint density at radius 2 is 2.00 bits per heavy atom. The molecule has 0 bridgehead atoms. The van der Waals surface area contributed by atoms with Crippen LogP contribution in [0.4, 0.5) is 5.69 Å². The lowest BCUT2D eigenvalue weighted by Gasteiger charge is -2.06. The van der Waals surface area contributed by atoms with Gasteiger partial charge in [-0.2, -0.15) is 0 Å². The van der Waals surface area contributed by atoms with E-state index in [4.69, 9.17) is 23.2 Å². The van der Waals surface area contributed by atoms with E-state index in [0.29, 0.717) is 12.2 Å². The molecule has 0 fully saturated rings. The Kier molecular flexibility index (Phi) is 5.18. The van der Waals surface area contributed by atoms with Crippen LogP contribution in [0.3, 0.4) is 0 Å². The number of carbonyl (C=O) groups excluding carboxylic acids is 2. The summed E-state index contributed by atoms with van der Waals surface area (Å²) in [4.78, 5) is 26.3. The SMILES string of the molecule is CCNC(=O)CC(=O)Nc1ccc(Cl)nc1Cl. The van der Waals surface area contributed by atoms with Crippen LogP contribution in [-0.4, -0.2) is 23.3 Å². The van der Waals surface area contributed by atoms with Crippen LogP contribution in [0.5, 0.6) is 0 Å². The normalized spacial score (nSPS) is 9.82. The van der Waals surface area contributed by atoms with E-state index in [2.05, 4.69) is 15.6 Å². The maximum Gasteiger partial charge on any atom is 0.233 e. The first-order valence-electron chi connectivity index (χ1n) is 4.91. The number of hydrogen-bond acceptors (Lipinski definition) is 3. The molecule has 0 aliphatic heterocycles. The van der Waals surface area contributed by atoms with Gasteiger partial charge in [-0.05, 0) is 19.1 Å². The van der Waals surface area contributed by atoms with Crippen LogP contribution in [0.2, 0.25) is 10.3 Å². The molecule has 1 aromatic rings. The number of hydrogen-bond donors (Lipinski definition) is 2. The Balaban J connectivity index is 2.59. The van der Waals surface area contributed by atoms with Crippen LogP contribution in [0.25, 0.3) is 0 Å². The highest BCUT2D eigenvalue weighted by atomic mass is 35.5. The molecule has 92 valence electrons. The summed E-state index contributed by atoms with van der Waals surface area (Å²) >= 11 is 11.4. The third-order valence-electron chi connectivity index (χ3n) is 1.78. The number of amides is 2. The lowest BCUT2D eigenvalue weighted by molar-refractivity contribution is -0.126. The van der Waals surface area contributed by atoms with Gasteiger partial charge in [0.05, 0.1) is 5.69 Å². The molecule has 1 rings (SSSR count). The molecular weight excluding hydrogens is 265 g/mol. The molecule has 0 aliphatic carbocycles. The molecule has 2 N–H and O–H groups in total. The van der Waals surface area contributed by atoms with Gasteiger partial charge in [-0.3, -0.25) is 9.59 Å². The highest BCUT2D eigenvalue weighted by Crippen LogP contribution is 2.21. The largest absolute Gasteiger partial charge is 0.356 e. The van der Waals surface area contributed by atoms with E-state index < -0.39 is 5.91 Å². The van der Waals surface area contributed by atoms with Gasteiger partial charge in [0.15, 0.2) is 5.15 Å². The van der Waals surface area contributed by atoms with Crippen molar-refractivity contribution in [2.75, 3.05) is 11.9 Å². The van der Waals surface area contributed by atoms with Gasteiger partial charge in [0.25, 0.3) is 0 Å². The molecule has 0 atom stereocenters. The van der Waals surface area contributed by atoms with Crippen molar-refractivity contribution in [3.05, 3.63) is 22.4 Å². The third kappa shape index (κ3) is 4.58. The molecular formula is C10H11Cl2N3O2. The molecule has 0 aliphatic rings. The average molecular weight is 276 g/mol. The van der Waals surface area contributed by atoms with Gasteiger partial charge in [0, 0.05) is 6.54 Å². The first kappa shape index (κ1) is 13.7. The van der Waals surface area contributed by atoms with Crippen molar-refractivity contribution in [1.29, 1.82) is 0 Å². The summed E-state index contributed by atoms with van der Waals surface area (Å²) in [6, 6.07) is 3.02. The number of aromatic nitrogens is 1. The zero-order valence-corrected chi connectivity index (χ0v) is 10.6. The molecule has 0 radical (unpaired) electrons. The van der Waals surface area contributed by atoms with Crippen LogP contribution in [-0.2, 0) is 9.59 Å². The van der Waals surface area contributed by atoms with Crippen LogP contribution in [0.1, 0.15) is 13.3 Å². The number of anilines is 1. The topological polar surface area (TPSA) is 71.1 Å². The minimum absolute atomic E-state index is 0.0850. The van der Waals surface area contributed by atoms with E-state index >= 15 is 0 Å². The fraction of sp³-hybridized carbons (Fsp3) is 0.300. The highest BCUT2D eigenvalue weighted by Gasteiger charge is 2.11. The zero-order valence-electron chi connectivity index (χ0n) is 9.09. The lowest BCUT2D eigenvalue weighted by Crippen LogP contribution is -2.27. The summed E-state index contributed by atoms with van der Waals surface area (Å²) in [6.45, 7) is 2.26. The predicted octanol–water partition coefficient (Wildman–Crippen LogP) is 1.85. The molecule has 0 saturated carbocycles. The Morgan fingerprint density at radius 1 is 1.29 bits per heavy atom. The third-order valence-corrected chi connectivity index (χ3v) is 2.28. The summed E-state index contributed by atoms with van der Waals surface area (Å²) in [5.74, 6) is -0.801. The second kappa shape index (κ2) is 6.42. The monoisotopic (exact) mass is 275 g/mol. The van der Waals surface area contributed by atoms with Crippen molar-refractivity contribution in [3.63, 3.8) is 0 Å². The van der Waals surface area contributed by atoms with E-state index in [9.17, 15) is 9.59 Å². The molecule has 0 spiro atoms. The molecule has 7 heteroatoms. The van der Waals surface area contributed by atoms with Crippen molar-refractivity contribution in [2.24, 2.45) is 0 Å². The summed E-state index contributed by atoms with van der Waals surface area (Å²) in [6.07, 6.45) is -0.257. The minimum Gasteiger partial charge on any atom is -0.356 e. The van der Waals surface area contributed by atoms with Gasteiger partial charge in [-0.15, -0.1) is 0 Å². The number of carbonyl (C=O) groups is 2. The van der Waals surface area contributed by atoms with E-state index in [-0.39, 0.29) is 22.6 Å². The van der Waals surface area contributed by atoms with Crippen molar-refractivity contribution in [1.82, 2.24) is 10.3 Å². The first-order valence-corrected chi connectivity index (χ1v) is 5.67. The second-order valence-electron chi connectivity index (χ2n) is 3.15. The maximum atomic E-state index is 11.4. The van der Waals surface area contributed by atoms with Crippen LogP contribution in [0.15, 0.2) is 12.1 Å². The number of nitrogens with zero attached hydrogens (tertiary/aromatic N) is 1. The van der Waals surface area contributed by atoms with E-state index in [1.807, 2.05) is 0 Å².